The summed E-state index contributed by atoms with van der Waals surface area (Å²) < 4.78 is 10.4. The van der Waals surface area contributed by atoms with Crippen LogP contribution in [0.4, 0.5) is 0 Å². The van der Waals surface area contributed by atoms with Crippen LogP contribution in [0.25, 0.3) is 0 Å². The highest BCUT2D eigenvalue weighted by atomic mass is 79.9. The van der Waals surface area contributed by atoms with E-state index >= 15 is 0 Å². The predicted octanol–water partition coefficient (Wildman–Crippen LogP) is 3.60. The molecule has 0 spiro atoms. The van der Waals surface area contributed by atoms with Crippen molar-refractivity contribution >= 4 is 43.8 Å². The molecular formula is C15H18Br2O4. The molecule has 0 aliphatic rings. The van der Waals surface area contributed by atoms with E-state index in [1.54, 1.807) is 20.8 Å². The van der Waals surface area contributed by atoms with E-state index in [0.717, 1.165) is 5.56 Å². The lowest BCUT2D eigenvalue weighted by atomic mass is 10.2. The maximum absolute atomic E-state index is 11.9. The smallest absolute Gasteiger partial charge is 0.322 e. The van der Waals surface area contributed by atoms with E-state index in [1.807, 2.05) is 30.3 Å². The first-order valence-corrected chi connectivity index (χ1v) is 8.25. The lowest BCUT2D eigenvalue weighted by Gasteiger charge is -2.23. The first-order valence-electron chi connectivity index (χ1n) is 6.42. The number of hydrogen-bond donors (Lipinski definition) is 0. The molecule has 21 heavy (non-hydrogen) atoms. The fourth-order valence-electron chi connectivity index (χ4n) is 1.41. The Hall–Kier alpha value is -0.880. The molecule has 1 rings (SSSR count). The van der Waals surface area contributed by atoms with Crippen LogP contribution in [0.3, 0.4) is 0 Å². The minimum atomic E-state index is -0.809. The van der Waals surface area contributed by atoms with Gasteiger partial charge in [-0.25, -0.2) is 0 Å². The normalized spacial score (nSPS) is 14.1. The van der Waals surface area contributed by atoms with Gasteiger partial charge in [0.1, 0.15) is 21.9 Å². The van der Waals surface area contributed by atoms with Crippen LogP contribution in [0, 0.1) is 0 Å². The van der Waals surface area contributed by atoms with Gasteiger partial charge in [0.2, 0.25) is 0 Å². The molecule has 0 amide bonds. The maximum Gasteiger partial charge on any atom is 0.322 e. The second-order valence-corrected chi connectivity index (χ2v) is 7.40. The van der Waals surface area contributed by atoms with Gasteiger partial charge in [-0.1, -0.05) is 62.2 Å². The Kier molecular flexibility index (Phi) is 6.87. The highest BCUT2D eigenvalue weighted by Gasteiger charge is 2.34. The number of ether oxygens (including phenoxy) is 2. The van der Waals surface area contributed by atoms with Gasteiger partial charge in [0, 0.05) is 0 Å². The molecule has 0 aromatic heterocycles. The topological polar surface area (TPSA) is 52.6 Å². The van der Waals surface area contributed by atoms with Crippen molar-refractivity contribution < 1.29 is 19.1 Å². The molecule has 116 valence electrons. The molecule has 0 radical (unpaired) electrons. The quantitative estimate of drug-likeness (QED) is 0.538. The monoisotopic (exact) mass is 420 g/mol. The molecule has 1 aromatic rings. The molecular weight excluding hydrogens is 404 g/mol. The number of esters is 2. The molecule has 0 fully saturated rings. The Morgan fingerprint density at radius 3 is 2.10 bits per heavy atom. The van der Waals surface area contributed by atoms with Crippen LogP contribution in [0.1, 0.15) is 26.3 Å². The van der Waals surface area contributed by atoms with Crippen molar-refractivity contribution in [3.63, 3.8) is 0 Å². The van der Waals surface area contributed by atoms with Gasteiger partial charge in [0.25, 0.3) is 0 Å². The van der Waals surface area contributed by atoms with Crippen molar-refractivity contribution in [2.75, 3.05) is 0 Å². The molecule has 2 atom stereocenters. The molecule has 0 heterocycles. The number of hydrogen-bond acceptors (Lipinski definition) is 4. The van der Waals surface area contributed by atoms with Crippen molar-refractivity contribution in [3.05, 3.63) is 35.9 Å². The summed E-state index contributed by atoms with van der Waals surface area (Å²) in [6, 6.07) is 9.33. The fraction of sp³-hybridized carbons (Fsp3) is 0.467. The molecule has 2 unspecified atom stereocenters. The summed E-state index contributed by atoms with van der Waals surface area (Å²) in [4.78, 5) is 22.2. The van der Waals surface area contributed by atoms with Crippen molar-refractivity contribution in [1.29, 1.82) is 0 Å². The maximum atomic E-state index is 11.9. The summed E-state index contributed by atoms with van der Waals surface area (Å²) in [6.45, 7) is 5.46. The average molecular weight is 422 g/mol. The van der Waals surface area contributed by atoms with E-state index in [9.17, 15) is 9.59 Å². The lowest BCUT2D eigenvalue weighted by Crippen LogP contribution is -2.37. The minimum absolute atomic E-state index is 0.163. The number of benzene rings is 1. The second kappa shape index (κ2) is 7.94. The van der Waals surface area contributed by atoms with Gasteiger partial charge in [0.05, 0.1) is 0 Å². The zero-order chi connectivity index (χ0) is 16.0. The van der Waals surface area contributed by atoms with Crippen molar-refractivity contribution in [1.82, 2.24) is 0 Å². The van der Waals surface area contributed by atoms with Crippen LogP contribution in [0.5, 0.6) is 0 Å². The third kappa shape index (κ3) is 6.61. The second-order valence-electron chi connectivity index (χ2n) is 5.43. The summed E-state index contributed by atoms with van der Waals surface area (Å²) in [7, 11) is 0. The molecule has 4 nitrogen and oxygen atoms in total. The van der Waals surface area contributed by atoms with Crippen LogP contribution in [-0.2, 0) is 25.7 Å². The highest BCUT2D eigenvalue weighted by Crippen LogP contribution is 2.21. The van der Waals surface area contributed by atoms with Crippen LogP contribution >= 0.6 is 31.9 Å². The predicted molar refractivity (Wildman–Crippen MR) is 87.5 cm³/mol. The van der Waals surface area contributed by atoms with Crippen LogP contribution in [0.2, 0.25) is 0 Å². The van der Waals surface area contributed by atoms with Gasteiger partial charge in [-0.15, -0.1) is 0 Å². The molecule has 0 saturated carbocycles. The number of carbonyl (C=O) groups is 2. The first kappa shape index (κ1) is 18.2. The van der Waals surface area contributed by atoms with E-state index in [2.05, 4.69) is 31.9 Å². The third-order valence-electron chi connectivity index (χ3n) is 2.34. The zero-order valence-corrected chi connectivity index (χ0v) is 15.3. The molecule has 1 aromatic carbocycles. The van der Waals surface area contributed by atoms with Gasteiger partial charge in [-0.3, -0.25) is 9.59 Å². The van der Waals surface area contributed by atoms with E-state index in [0.29, 0.717) is 0 Å². The number of halogens is 2. The zero-order valence-electron chi connectivity index (χ0n) is 12.1. The van der Waals surface area contributed by atoms with Gasteiger partial charge in [0.15, 0.2) is 0 Å². The molecule has 0 saturated heterocycles. The molecule has 6 heteroatoms. The van der Waals surface area contributed by atoms with Crippen LogP contribution in [-0.4, -0.2) is 27.2 Å². The molecule has 0 aliphatic heterocycles. The number of alkyl halides is 2. The Balaban J connectivity index is 2.51. The first-order chi connectivity index (χ1) is 9.70. The fourth-order valence-corrected chi connectivity index (χ4v) is 2.06. The average Bonchev–Trinajstić information content (AvgIpc) is 2.42. The Bertz CT molecular complexity index is 482. The largest absolute Gasteiger partial charge is 0.460 e. The lowest BCUT2D eigenvalue weighted by molar-refractivity contribution is -0.156. The van der Waals surface area contributed by atoms with E-state index in [4.69, 9.17) is 9.47 Å². The molecule has 0 aliphatic carbocycles. The van der Waals surface area contributed by atoms with Crippen LogP contribution in [0.15, 0.2) is 30.3 Å². The van der Waals surface area contributed by atoms with E-state index in [1.165, 1.54) is 0 Å². The Morgan fingerprint density at radius 2 is 1.57 bits per heavy atom. The van der Waals surface area contributed by atoms with Crippen molar-refractivity contribution in [2.24, 2.45) is 0 Å². The Labute approximate surface area is 141 Å². The van der Waals surface area contributed by atoms with Gasteiger partial charge in [-0.05, 0) is 26.3 Å². The summed E-state index contributed by atoms with van der Waals surface area (Å²) in [5.74, 6) is -1.03. The van der Waals surface area contributed by atoms with Crippen molar-refractivity contribution in [3.8, 4) is 0 Å². The number of rotatable bonds is 5. The summed E-state index contributed by atoms with van der Waals surface area (Å²) >= 11 is 6.33. The highest BCUT2D eigenvalue weighted by molar-refractivity contribution is 9.12. The Morgan fingerprint density at radius 1 is 1.05 bits per heavy atom. The molecule has 0 N–H and O–H groups in total. The van der Waals surface area contributed by atoms with Crippen molar-refractivity contribution in [2.45, 2.75) is 42.6 Å². The van der Waals surface area contributed by atoms with E-state index < -0.39 is 27.2 Å². The van der Waals surface area contributed by atoms with Gasteiger partial charge < -0.3 is 9.47 Å². The van der Waals surface area contributed by atoms with Crippen LogP contribution < -0.4 is 0 Å². The SMILES string of the molecule is CC(C)(C)OC(=O)C(Br)C(Br)C(=O)OCc1ccccc1. The van der Waals surface area contributed by atoms with Gasteiger partial charge >= 0.3 is 11.9 Å². The minimum Gasteiger partial charge on any atom is -0.460 e. The number of carbonyl (C=O) groups excluding carboxylic acids is 2. The van der Waals surface area contributed by atoms with Gasteiger partial charge in [-0.2, -0.15) is 0 Å². The third-order valence-corrected chi connectivity index (χ3v) is 4.85. The molecule has 0 bridgehead atoms. The van der Waals surface area contributed by atoms with E-state index in [-0.39, 0.29) is 6.61 Å². The standard InChI is InChI=1S/C15H18Br2O4/c1-15(2,3)21-14(19)12(17)11(16)13(18)20-9-10-7-5-4-6-8-10/h4-8,11-12H,9H2,1-3H3. The summed E-state index contributed by atoms with van der Waals surface area (Å²) in [6.07, 6.45) is 0. The summed E-state index contributed by atoms with van der Waals surface area (Å²) in [5, 5.41) is 0. The summed E-state index contributed by atoms with van der Waals surface area (Å²) in [5.41, 5.74) is 0.276.